The maximum atomic E-state index is 11.9. The van der Waals surface area contributed by atoms with Crippen molar-refractivity contribution in [3.8, 4) is 0 Å². The number of carboxylic acid groups (broad SMARTS) is 2. The van der Waals surface area contributed by atoms with Crippen LogP contribution in [0.25, 0.3) is 0 Å². The lowest BCUT2D eigenvalue weighted by molar-refractivity contribution is -0.138. The van der Waals surface area contributed by atoms with Crippen molar-refractivity contribution in [3.05, 3.63) is 0 Å². The van der Waals surface area contributed by atoms with Crippen molar-refractivity contribution < 1.29 is 36.6 Å². The fourth-order valence-corrected chi connectivity index (χ4v) is 5.74. The van der Waals surface area contributed by atoms with Crippen molar-refractivity contribution in [2.45, 2.75) is 77.0 Å². The molecule has 2 N–H and O–H groups in total. The highest BCUT2D eigenvalue weighted by Gasteiger charge is 2.12. The van der Waals surface area contributed by atoms with E-state index in [1.165, 1.54) is 0 Å². The average molecular weight is 443 g/mol. The lowest BCUT2D eigenvalue weighted by atomic mass is 10.2. The van der Waals surface area contributed by atoms with Gasteiger partial charge in [0.15, 0.2) is 0 Å². The first-order valence-electron chi connectivity index (χ1n) is 9.88. The van der Waals surface area contributed by atoms with Crippen LogP contribution in [-0.2, 0) is 29.3 Å². The summed E-state index contributed by atoms with van der Waals surface area (Å²) in [5.41, 5.74) is 0. The van der Waals surface area contributed by atoms with Crippen LogP contribution >= 0.6 is 0 Å². The summed E-state index contributed by atoms with van der Waals surface area (Å²) in [6, 6.07) is 0. The number of rotatable bonds is 19. The van der Waals surface area contributed by atoms with E-state index in [4.69, 9.17) is 10.2 Å². The minimum absolute atomic E-state index is 0.0608. The number of hydrogen-bond donors (Lipinski definition) is 2. The first kappa shape index (κ1) is 26.8. The maximum absolute atomic E-state index is 11.9. The van der Waals surface area contributed by atoms with Gasteiger partial charge in [0.1, 0.15) is 19.7 Å². The van der Waals surface area contributed by atoms with Gasteiger partial charge in [0.05, 0.1) is 23.0 Å². The monoisotopic (exact) mass is 442 g/mol. The molecule has 166 valence electrons. The standard InChI is InChI=1S/C18H34O8S2/c19-17(20)11-5-3-9-15-27(23,24)13-7-1-2-8-14-28(25,26)16-10-4-6-12-18(21)22/h1-16H2,(H,19,20)(H,21,22). The fourth-order valence-electron chi connectivity index (χ4n) is 2.75. The van der Waals surface area contributed by atoms with Gasteiger partial charge in [0.2, 0.25) is 0 Å². The molecule has 0 saturated heterocycles. The Morgan fingerprint density at radius 1 is 0.464 bits per heavy atom. The number of hydrogen-bond acceptors (Lipinski definition) is 6. The summed E-state index contributed by atoms with van der Waals surface area (Å²) >= 11 is 0. The van der Waals surface area contributed by atoms with Crippen LogP contribution < -0.4 is 0 Å². The highest BCUT2D eigenvalue weighted by atomic mass is 32.2. The molecule has 10 heteroatoms. The molecule has 28 heavy (non-hydrogen) atoms. The number of carboxylic acids is 2. The quantitative estimate of drug-likeness (QED) is 0.291. The van der Waals surface area contributed by atoms with E-state index in [9.17, 15) is 26.4 Å². The average Bonchev–Trinajstić information content (AvgIpc) is 2.56. The van der Waals surface area contributed by atoms with E-state index in [-0.39, 0.29) is 35.9 Å². The Morgan fingerprint density at radius 2 is 0.714 bits per heavy atom. The molecular formula is C18H34O8S2. The smallest absolute Gasteiger partial charge is 0.303 e. The van der Waals surface area contributed by atoms with Gasteiger partial charge in [-0.15, -0.1) is 0 Å². The molecule has 8 nitrogen and oxygen atoms in total. The molecule has 0 aliphatic rings. The van der Waals surface area contributed by atoms with E-state index in [0.717, 1.165) is 0 Å². The number of sulfone groups is 2. The van der Waals surface area contributed by atoms with Crippen LogP contribution in [0.4, 0.5) is 0 Å². The second-order valence-electron chi connectivity index (χ2n) is 7.13. The van der Waals surface area contributed by atoms with Crippen LogP contribution in [0.2, 0.25) is 0 Å². The predicted octanol–water partition coefficient (Wildman–Crippen LogP) is 2.67. The van der Waals surface area contributed by atoms with Crippen molar-refractivity contribution in [1.29, 1.82) is 0 Å². The Hall–Kier alpha value is -1.16. The van der Waals surface area contributed by atoms with Crippen LogP contribution in [0.1, 0.15) is 77.0 Å². The van der Waals surface area contributed by atoms with Crippen molar-refractivity contribution in [1.82, 2.24) is 0 Å². The highest BCUT2D eigenvalue weighted by Crippen LogP contribution is 2.10. The molecule has 0 unspecified atom stereocenters. The Labute approximate surface area is 168 Å². The van der Waals surface area contributed by atoms with Crippen LogP contribution in [0.3, 0.4) is 0 Å². The van der Waals surface area contributed by atoms with E-state index in [1.807, 2.05) is 0 Å². The predicted molar refractivity (Wildman–Crippen MR) is 108 cm³/mol. The highest BCUT2D eigenvalue weighted by molar-refractivity contribution is 7.91. The molecule has 0 aromatic carbocycles. The van der Waals surface area contributed by atoms with Crippen molar-refractivity contribution >= 4 is 31.6 Å². The third-order valence-corrected chi connectivity index (χ3v) is 8.00. The van der Waals surface area contributed by atoms with Crippen LogP contribution in [0, 0.1) is 0 Å². The molecule has 0 spiro atoms. The van der Waals surface area contributed by atoms with Gasteiger partial charge in [-0.3, -0.25) is 9.59 Å². The lowest BCUT2D eigenvalue weighted by Crippen LogP contribution is -2.12. The van der Waals surface area contributed by atoms with E-state index in [0.29, 0.717) is 64.2 Å². The Balaban J connectivity index is 3.72. The molecule has 0 aromatic rings. The summed E-state index contributed by atoms with van der Waals surface area (Å²) in [5, 5.41) is 17.0. The van der Waals surface area contributed by atoms with Crippen LogP contribution in [-0.4, -0.2) is 62.0 Å². The zero-order valence-corrected chi connectivity index (χ0v) is 18.1. The fraction of sp³-hybridized carbons (Fsp3) is 0.889. The van der Waals surface area contributed by atoms with E-state index in [2.05, 4.69) is 0 Å². The Kier molecular flexibility index (Phi) is 14.2. The van der Waals surface area contributed by atoms with Crippen molar-refractivity contribution in [3.63, 3.8) is 0 Å². The first-order chi connectivity index (χ1) is 13.0. The molecule has 0 radical (unpaired) electrons. The number of unbranched alkanes of at least 4 members (excludes halogenated alkanes) is 7. The molecule has 0 atom stereocenters. The van der Waals surface area contributed by atoms with Gasteiger partial charge < -0.3 is 10.2 Å². The topological polar surface area (TPSA) is 143 Å². The summed E-state index contributed by atoms with van der Waals surface area (Å²) in [6.07, 6.45) is 5.53. The van der Waals surface area contributed by atoms with E-state index in [1.54, 1.807) is 0 Å². The maximum Gasteiger partial charge on any atom is 0.303 e. The van der Waals surface area contributed by atoms with Gasteiger partial charge in [-0.25, -0.2) is 16.8 Å². The third kappa shape index (κ3) is 18.2. The molecule has 0 rings (SSSR count). The molecule has 0 bridgehead atoms. The molecule has 0 saturated carbocycles. The first-order valence-corrected chi connectivity index (χ1v) is 13.5. The summed E-state index contributed by atoms with van der Waals surface area (Å²) in [6.45, 7) is 0. The lowest BCUT2D eigenvalue weighted by Gasteiger charge is -2.06. The number of carbonyl (C=O) groups is 2. The SMILES string of the molecule is O=C(O)CCCCCS(=O)(=O)CCCCCCS(=O)(=O)CCCCCC(=O)O. The molecule has 0 aromatic heterocycles. The van der Waals surface area contributed by atoms with Crippen LogP contribution in [0.15, 0.2) is 0 Å². The normalized spacial score (nSPS) is 12.1. The minimum atomic E-state index is -3.13. The molecule has 0 heterocycles. The van der Waals surface area contributed by atoms with Gasteiger partial charge in [0.25, 0.3) is 0 Å². The van der Waals surface area contributed by atoms with Gasteiger partial charge in [-0.1, -0.05) is 25.7 Å². The summed E-state index contributed by atoms with van der Waals surface area (Å²) in [7, 11) is -6.26. The van der Waals surface area contributed by atoms with Gasteiger partial charge in [-0.2, -0.15) is 0 Å². The second kappa shape index (κ2) is 14.8. The largest absolute Gasteiger partial charge is 0.481 e. The van der Waals surface area contributed by atoms with E-state index < -0.39 is 31.6 Å². The zero-order valence-electron chi connectivity index (χ0n) is 16.5. The van der Waals surface area contributed by atoms with Crippen molar-refractivity contribution in [2.24, 2.45) is 0 Å². The minimum Gasteiger partial charge on any atom is -0.481 e. The summed E-state index contributed by atoms with van der Waals surface area (Å²) in [5.74, 6) is -1.43. The zero-order chi connectivity index (χ0) is 21.5. The van der Waals surface area contributed by atoms with Gasteiger partial charge >= 0.3 is 11.9 Å². The molecule has 0 amide bonds. The molecular weight excluding hydrogens is 408 g/mol. The number of aliphatic carboxylic acids is 2. The molecule has 0 fully saturated rings. The van der Waals surface area contributed by atoms with Gasteiger partial charge in [0, 0.05) is 12.8 Å². The van der Waals surface area contributed by atoms with Gasteiger partial charge in [-0.05, 0) is 38.5 Å². The van der Waals surface area contributed by atoms with Crippen molar-refractivity contribution in [2.75, 3.05) is 23.0 Å². The van der Waals surface area contributed by atoms with Crippen LogP contribution in [0.5, 0.6) is 0 Å². The third-order valence-electron chi connectivity index (χ3n) is 4.35. The molecule has 0 aliphatic heterocycles. The van der Waals surface area contributed by atoms with E-state index >= 15 is 0 Å². The second-order valence-corrected chi connectivity index (χ2v) is 11.7. The Bertz CT molecular complexity index is 595. The Morgan fingerprint density at radius 3 is 0.964 bits per heavy atom. The summed E-state index contributed by atoms with van der Waals surface area (Å²) < 4.78 is 47.5. The molecule has 0 aliphatic carbocycles. The summed E-state index contributed by atoms with van der Waals surface area (Å²) in [4.78, 5) is 20.7.